The molecule has 1 atom stereocenters. The molecule has 0 N–H and O–H groups in total. The molecular formula is C19H23BrS. The fourth-order valence-corrected chi connectivity index (χ4v) is 4.93. The molecule has 0 nitrogen and oxygen atoms in total. The molecule has 1 aromatic heterocycles. The Labute approximate surface area is 140 Å². The van der Waals surface area contributed by atoms with Crippen LogP contribution in [0.1, 0.15) is 64.9 Å². The molecule has 3 rings (SSSR count). The van der Waals surface area contributed by atoms with Crippen LogP contribution >= 0.6 is 27.3 Å². The number of aryl methyl sites for hydroxylation is 2. The van der Waals surface area contributed by atoms with Gasteiger partial charge in [0.15, 0.2) is 0 Å². The summed E-state index contributed by atoms with van der Waals surface area (Å²) in [5.74, 6) is 0. The molecule has 1 unspecified atom stereocenters. The van der Waals surface area contributed by atoms with Crippen LogP contribution in [-0.2, 0) is 18.3 Å². The molecule has 1 aliphatic rings. The first kappa shape index (κ1) is 15.3. The highest BCUT2D eigenvalue weighted by molar-refractivity contribution is 9.09. The lowest BCUT2D eigenvalue weighted by atomic mass is 9.82. The van der Waals surface area contributed by atoms with E-state index in [4.69, 9.17) is 0 Å². The lowest BCUT2D eigenvalue weighted by Gasteiger charge is -2.23. The highest BCUT2D eigenvalue weighted by atomic mass is 79.9. The molecule has 0 saturated carbocycles. The second kappa shape index (κ2) is 5.89. The molecule has 0 radical (unpaired) electrons. The lowest BCUT2D eigenvalue weighted by molar-refractivity contribution is 0.506. The summed E-state index contributed by atoms with van der Waals surface area (Å²) in [5, 5.41) is 0. The molecule has 0 aliphatic heterocycles. The summed E-state index contributed by atoms with van der Waals surface area (Å²) >= 11 is 5.89. The molecule has 0 amide bonds. The highest BCUT2D eigenvalue weighted by Crippen LogP contribution is 2.40. The summed E-state index contributed by atoms with van der Waals surface area (Å²) < 4.78 is 0. The van der Waals surface area contributed by atoms with Gasteiger partial charge in [-0.2, -0.15) is 0 Å². The van der Waals surface area contributed by atoms with E-state index >= 15 is 0 Å². The van der Waals surface area contributed by atoms with Crippen molar-refractivity contribution < 1.29 is 0 Å². The SMILES string of the molecule is CCC(C)(C)c1ccc(C(Br)c2cc3c(s2)CCC3)cc1. The Morgan fingerprint density at radius 3 is 2.52 bits per heavy atom. The van der Waals surface area contributed by atoms with Crippen molar-refractivity contribution >= 4 is 27.3 Å². The quantitative estimate of drug-likeness (QED) is 0.551. The van der Waals surface area contributed by atoms with Crippen LogP contribution in [0.3, 0.4) is 0 Å². The van der Waals surface area contributed by atoms with Crippen molar-refractivity contribution in [1.82, 2.24) is 0 Å². The first-order valence-electron chi connectivity index (χ1n) is 7.87. The molecule has 1 aliphatic carbocycles. The normalized spacial score (nSPS) is 16.0. The number of benzene rings is 1. The van der Waals surface area contributed by atoms with E-state index in [1.807, 2.05) is 11.3 Å². The van der Waals surface area contributed by atoms with Gasteiger partial charge < -0.3 is 0 Å². The topological polar surface area (TPSA) is 0 Å². The molecule has 0 saturated heterocycles. The van der Waals surface area contributed by atoms with Gasteiger partial charge in [0, 0.05) is 9.75 Å². The van der Waals surface area contributed by atoms with E-state index < -0.39 is 0 Å². The minimum atomic E-state index is 0.268. The van der Waals surface area contributed by atoms with Gasteiger partial charge in [-0.3, -0.25) is 0 Å². The van der Waals surface area contributed by atoms with Gasteiger partial charge in [-0.1, -0.05) is 61.0 Å². The van der Waals surface area contributed by atoms with Gasteiger partial charge in [-0.25, -0.2) is 0 Å². The zero-order valence-corrected chi connectivity index (χ0v) is 15.5. The first-order valence-corrected chi connectivity index (χ1v) is 9.60. The monoisotopic (exact) mass is 362 g/mol. The van der Waals surface area contributed by atoms with Crippen molar-refractivity contribution in [1.29, 1.82) is 0 Å². The van der Waals surface area contributed by atoms with Crippen molar-refractivity contribution in [2.45, 2.75) is 56.7 Å². The van der Waals surface area contributed by atoms with E-state index in [0.29, 0.717) is 4.83 Å². The predicted molar refractivity (Wildman–Crippen MR) is 96.9 cm³/mol. The van der Waals surface area contributed by atoms with E-state index in [0.717, 1.165) is 0 Å². The maximum absolute atomic E-state index is 3.90. The van der Waals surface area contributed by atoms with Crippen molar-refractivity contribution in [2.75, 3.05) is 0 Å². The van der Waals surface area contributed by atoms with E-state index in [1.54, 1.807) is 10.4 Å². The number of hydrogen-bond acceptors (Lipinski definition) is 1. The molecule has 0 fully saturated rings. The van der Waals surface area contributed by atoms with Gasteiger partial charge in [-0.15, -0.1) is 11.3 Å². The smallest absolute Gasteiger partial charge is 0.0738 e. The van der Waals surface area contributed by atoms with Crippen LogP contribution < -0.4 is 0 Å². The van der Waals surface area contributed by atoms with Crippen LogP contribution in [-0.4, -0.2) is 0 Å². The van der Waals surface area contributed by atoms with Crippen molar-refractivity contribution in [3.8, 4) is 0 Å². The molecule has 112 valence electrons. The van der Waals surface area contributed by atoms with E-state index in [2.05, 4.69) is 67.0 Å². The lowest BCUT2D eigenvalue weighted by Crippen LogP contribution is -2.15. The molecule has 0 bridgehead atoms. The highest BCUT2D eigenvalue weighted by Gasteiger charge is 2.21. The second-order valence-electron chi connectivity index (χ2n) is 6.67. The third-order valence-corrected chi connectivity index (χ3v) is 7.51. The first-order chi connectivity index (χ1) is 10.0. The summed E-state index contributed by atoms with van der Waals surface area (Å²) in [6.45, 7) is 6.89. The van der Waals surface area contributed by atoms with Gasteiger partial charge in [0.25, 0.3) is 0 Å². The maximum atomic E-state index is 3.90. The summed E-state index contributed by atoms with van der Waals surface area (Å²) in [5.41, 5.74) is 4.65. The van der Waals surface area contributed by atoms with Crippen LogP contribution in [0, 0.1) is 0 Å². The van der Waals surface area contributed by atoms with Gasteiger partial charge >= 0.3 is 0 Å². The third-order valence-electron chi connectivity index (χ3n) is 4.88. The molecule has 0 spiro atoms. The van der Waals surface area contributed by atoms with Crippen molar-refractivity contribution in [3.05, 3.63) is 56.8 Å². The largest absolute Gasteiger partial charge is 0.144 e. The van der Waals surface area contributed by atoms with Crippen LogP contribution in [0.4, 0.5) is 0 Å². The molecule has 1 heterocycles. The Bertz CT molecular complexity index is 600. The van der Waals surface area contributed by atoms with E-state index in [1.165, 1.54) is 41.7 Å². The van der Waals surface area contributed by atoms with E-state index in [9.17, 15) is 0 Å². The van der Waals surface area contributed by atoms with Gasteiger partial charge in [0.05, 0.1) is 4.83 Å². The second-order valence-corrected chi connectivity index (χ2v) is 8.76. The van der Waals surface area contributed by atoms with Crippen LogP contribution in [0.2, 0.25) is 0 Å². The van der Waals surface area contributed by atoms with Gasteiger partial charge in [0.1, 0.15) is 0 Å². The number of thiophene rings is 1. The predicted octanol–water partition coefficient (Wildman–Crippen LogP) is 6.41. The minimum absolute atomic E-state index is 0.268. The van der Waals surface area contributed by atoms with E-state index in [-0.39, 0.29) is 5.41 Å². The molecule has 21 heavy (non-hydrogen) atoms. The number of halogens is 1. The van der Waals surface area contributed by atoms with Crippen LogP contribution in [0.25, 0.3) is 0 Å². The zero-order valence-electron chi connectivity index (χ0n) is 13.1. The maximum Gasteiger partial charge on any atom is 0.0738 e. The standard InChI is InChI=1S/C19H23BrS/c1-4-19(2,3)15-10-8-13(9-11-15)18(20)17-12-14-6-5-7-16(14)21-17/h8-12,18H,4-7H2,1-3H3. The van der Waals surface area contributed by atoms with Crippen molar-refractivity contribution in [3.63, 3.8) is 0 Å². The Balaban J connectivity index is 1.83. The summed E-state index contributed by atoms with van der Waals surface area (Å²) in [6.07, 6.45) is 5.06. The number of rotatable bonds is 4. The average molecular weight is 363 g/mol. The third kappa shape index (κ3) is 2.98. The zero-order chi connectivity index (χ0) is 15.0. The molecule has 2 aromatic rings. The Morgan fingerprint density at radius 1 is 1.19 bits per heavy atom. The Morgan fingerprint density at radius 2 is 1.90 bits per heavy atom. The average Bonchev–Trinajstić information content (AvgIpc) is 3.08. The van der Waals surface area contributed by atoms with Crippen molar-refractivity contribution in [2.24, 2.45) is 0 Å². The Hall–Kier alpha value is -0.600. The summed E-state index contributed by atoms with van der Waals surface area (Å²) in [7, 11) is 0. The summed E-state index contributed by atoms with van der Waals surface area (Å²) in [4.78, 5) is 3.41. The number of fused-ring (bicyclic) bond motifs is 1. The molecule has 1 aromatic carbocycles. The van der Waals surface area contributed by atoms with Crippen LogP contribution in [0.5, 0.6) is 0 Å². The Kier molecular flexibility index (Phi) is 4.29. The fraction of sp³-hybridized carbons (Fsp3) is 0.474. The molecular weight excluding hydrogens is 340 g/mol. The summed E-state index contributed by atoms with van der Waals surface area (Å²) in [6, 6.07) is 11.6. The van der Waals surface area contributed by atoms with Crippen LogP contribution in [0.15, 0.2) is 30.3 Å². The molecule has 2 heteroatoms. The number of hydrogen-bond donors (Lipinski definition) is 0. The minimum Gasteiger partial charge on any atom is -0.144 e. The number of alkyl halides is 1. The van der Waals surface area contributed by atoms with Gasteiger partial charge in [0.2, 0.25) is 0 Å². The fourth-order valence-electron chi connectivity index (χ4n) is 2.95. The van der Waals surface area contributed by atoms with Gasteiger partial charge in [-0.05, 0) is 53.9 Å².